The number of hydrogen-bond donors (Lipinski definition) is 1. The molecule has 0 aliphatic carbocycles. The first kappa shape index (κ1) is 17.3. The van der Waals surface area contributed by atoms with Gasteiger partial charge in [0.15, 0.2) is 0 Å². The molecule has 0 radical (unpaired) electrons. The third-order valence-corrected chi connectivity index (χ3v) is 3.26. The number of halogens is 5. The molecule has 0 aromatic carbocycles. The fraction of sp³-hybridized carbons (Fsp3) is 0.429. The van der Waals surface area contributed by atoms with Crippen LogP contribution in [-0.2, 0) is 6.54 Å². The largest absolute Gasteiger partial charge is 0.453 e. The highest BCUT2D eigenvalue weighted by Gasteiger charge is 2.56. The molecule has 0 aliphatic rings. The minimum absolute atomic E-state index is 0.0429. The molecule has 0 saturated carbocycles. The fourth-order valence-corrected chi connectivity index (χ4v) is 1.99. The average Bonchev–Trinajstić information content (AvgIpc) is 2.48. The number of pyridine rings is 1. The van der Waals surface area contributed by atoms with E-state index in [1.54, 1.807) is 18.2 Å². The van der Waals surface area contributed by atoms with Crippen LogP contribution < -0.4 is 10.9 Å². The molecule has 0 unspecified atom stereocenters. The van der Waals surface area contributed by atoms with Crippen molar-refractivity contribution in [2.45, 2.75) is 31.5 Å². The third kappa shape index (κ3) is 4.04. The molecule has 0 amide bonds. The van der Waals surface area contributed by atoms with Gasteiger partial charge in [-0.15, -0.1) is 0 Å². The Morgan fingerprint density at radius 1 is 1.17 bits per heavy atom. The van der Waals surface area contributed by atoms with Crippen molar-refractivity contribution in [1.82, 2.24) is 14.7 Å². The van der Waals surface area contributed by atoms with E-state index in [4.69, 9.17) is 0 Å². The monoisotopic (exact) mass is 335 g/mol. The number of rotatable bonds is 6. The Bertz CT molecular complexity index is 726. The van der Waals surface area contributed by atoms with E-state index in [1.807, 2.05) is 0 Å². The summed E-state index contributed by atoms with van der Waals surface area (Å²) in [6.07, 6.45) is -4.30. The van der Waals surface area contributed by atoms with Crippen LogP contribution in [0.4, 0.5) is 22.0 Å². The summed E-state index contributed by atoms with van der Waals surface area (Å²) in [5, 5.41) is 2.68. The predicted molar refractivity (Wildman–Crippen MR) is 73.4 cm³/mol. The number of nitrogens with one attached hydrogen (secondary N) is 1. The van der Waals surface area contributed by atoms with E-state index in [0.29, 0.717) is 11.2 Å². The highest BCUT2D eigenvalue weighted by Crippen LogP contribution is 2.38. The lowest BCUT2D eigenvalue weighted by molar-refractivity contribution is -0.284. The van der Waals surface area contributed by atoms with Gasteiger partial charge in [0.2, 0.25) is 0 Å². The minimum atomic E-state index is -5.53. The molecule has 0 atom stereocenters. The molecule has 23 heavy (non-hydrogen) atoms. The third-order valence-electron chi connectivity index (χ3n) is 3.26. The summed E-state index contributed by atoms with van der Waals surface area (Å²) in [5.41, 5.74) is 0.450. The Morgan fingerprint density at radius 3 is 2.61 bits per heavy atom. The van der Waals surface area contributed by atoms with Gasteiger partial charge in [0.1, 0.15) is 5.65 Å². The van der Waals surface area contributed by atoms with E-state index in [-0.39, 0.29) is 25.1 Å². The summed E-state index contributed by atoms with van der Waals surface area (Å²) >= 11 is 0. The Balaban J connectivity index is 1.88. The summed E-state index contributed by atoms with van der Waals surface area (Å²) in [5.74, 6) is -4.70. The Morgan fingerprint density at radius 2 is 1.91 bits per heavy atom. The maximum atomic E-state index is 12.7. The Hall–Kier alpha value is -2.03. The Kier molecular flexibility index (Phi) is 4.98. The van der Waals surface area contributed by atoms with E-state index in [0.717, 1.165) is 0 Å². The van der Waals surface area contributed by atoms with Gasteiger partial charge in [-0.25, -0.2) is 4.98 Å². The van der Waals surface area contributed by atoms with Gasteiger partial charge in [-0.3, -0.25) is 9.20 Å². The Labute approximate surface area is 128 Å². The molecule has 0 bridgehead atoms. The lowest BCUT2D eigenvalue weighted by Gasteiger charge is -2.19. The topological polar surface area (TPSA) is 46.4 Å². The summed E-state index contributed by atoms with van der Waals surface area (Å²) in [6.45, 7) is -0.0239. The lowest BCUT2D eigenvalue weighted by Crippen LogP contribution is -2.37. The molecule has 1 N–H and O–H groups in total. The first-order valence-electron chi connectivity index (χ1n) is 6.83. The van der Waals surface area contributed by atoms with Crippen LogP contribution in [0.3, 0.4) is 0 Å². The smallest absolute Gasteiger partial charge is 0.312 e. The van der Waals surface area contributed by atoms with Crippen molar-refractivity contribution in [3.05, 3.63) is 46.5 Å². The fourth-order valence-electron chi connectivity index (χ4n) is 1.99. The zero-order chi connectivity index (χ0) is 17.1. The van der Waals surface area contributed by atoms with Crippen LogP contribution in [0.2, 0.25) is 0 Å². The highest BCUT2D eigenvalue weighted by atomic mass is 19.4. The van der Waals surface area contributed by atoms with Gasteiger partial charge in [-0.05, 0) is 25.1 Å². The van der Waals surface area contributed by atoms with Gasteiger partial charge in [-0.2, -0.15) is 22.0 Å². The maximum Gasteiger partial charge on any atom is 0.453 e. The number of hydrogen-bond acceptors (Lipinski definition) is 3. The summed E-state index contributed by atoms with van der Waals surface area (Å²) in [7, 11) is 0. The van der Waals surface area contributed by atoms with E-state index in [9.17, 15) is 26.7 Å². The van der Waals surface area contributed by atoms with Crippen molar-refractivity contribution in [2.24, 2.45) is 0 Å². The summed E-state index contributed by atoms with van der Waals surface area (Å²) in [6, 6.07) is 5.03. The van der Waals surface area contributed by atoms with Gasteiger partial charge in [0, 0.05) is 30.9 Å². The van der Waals surface area contributed by atoms with Crippen molar-refractivity contribution in [3.63, 3.8) is 0 Å². The van der Waals surface area contributed by atoms with Crippen LogP contribution in [-0.4, -0.2) is 28.0 Å². The molecular weight excluding hydrogens is 321 g/mol. The number of alkyl halides is 5. The first-order chi connectivity index (χ1) is 10.7. The lowest BCUT2D eigenvalue weighted by atomic mass is 10.2. The van der Waals surface area contributed by atoms with E-state index in [1.165, 1.54) is 16.8 Å². The van der Waals surface area contributed by atoms with Crippen LogP contribution >= 0.6 is 0 Å². The van der Waals surface area contributed by atoms with Crippen LogP contribution in [0.25, 0.3) is 5.65 Å². The van der Waals surface area contributed by atoms with Crippen molar-refractivity contribution in [2.75, 3.05) is 6.54 Å². The van der Waals surface area contributed by atoms with Gasteiger partial charge in [0.05, 0.1) is 0 Å². The van der Waals surface area contributed by atoms with Crippen molar-refractivity contribution in [3.8, 4) is 0 Å². The summed E-state index contributed by atoms with van der Waals surface area (Å²) in [4.78, 5) is 16.2. The zero-order valence-corrected chi connectivity index (χ0v) is 11.9. The number of fused-ring (bicyclic) bond motifs is 1. The van der Waals surface area contributed by atoms with E-state index < -0.39 is 18.5 Å². The first-order valence-corrected chi connectivity index (χ1v) is 6.83. The minimum Gasteiger partial charge on any atom is -0.312 e. The molecule has 9 heteroatoms. The standard InChI is InChI=1S/C14H14F5N3O/c15-13(16,14(17,18)19)5-3-6-20-8-10-9-21-11-4-1-2-7-22(11)12(10)23/h1-2,4,7,9,20H,3,5-6,8H2. The molecule has 2 aromatic heterocycles. The normalized spacial score (nSPS) is 12.7. The maximum absolute atomic E-state index is 12.7. The molecule has 0 spiro atoms. The second-order valence-electron chi connectivity index (χ2n) is 5.00. The highest BCUT2D eigenvalue weighted by molar-refractivity contribution is 5.37. The van der Waals surface area contributed by atoms with E-state index in [2.05, 4.69) is 10.3 Å². The van der Waals surface area contributed by atoms with Crippen LogP contribution in [0.15, 0.2) is 35.4 Å². The van der Waals surface area contributed by atoms with Crippen molar-refractivity contribution in [1.29, 1.82) is 0 Å². The second kappa shape index (κ2) is 6.61. The predicted octanol–water partition coefficient (Wildman–Crippen LogP) is 2.76. The van der Waals surface area contributed by atoms with Gasteiger partial charge in [-0.1, -0.05) is 6.07 Å². The van der Waals surface area contributed by atoms with Crippen LogP contribution in [0, 0.1) is 0 Å². The summed E-state index contributed by atoms with van der Waals surface area (Å²) < 4.78 is 62.7. The van der Waals surface area contributed by atoms with Gasteiger partial charge in [0.25, 0.3) is 5.56 Å². The van der Waals surface area contributed by atoms with Crippen LogP contribution in [0.1, 0.15) is 18.4 Å². The molecule has 4 nitrogen and oxygen atoms in total. The SMILES string of the molecule is O=c1c(CNCCCC(F)(F)C(F)(F)F)cnc2ccccn12. The van der Waals surface area contributed by atoms with Crippen LogP contribution in [0.5, 0.6) is 0 Å². The molecule has 126 valence electrons. The van der Waals surface area contributed by atoms with Crippen molar-refractivity contribution >= 4 is 5.65 Å². The van der Waals surface area contributed by atoms with Crippen molar-refractivity contribution < 1.29 is 22.0 Å². The average molecular weight is 335 g/mol. The molecule has 2 rings (SSSR count). The molecule has 2 aromatic rings. The second-order valence-corrected chi connectivity index (χ2v) is 5.00. The molecule has 0 saturated heterocycles. The quantitative estimate of drug-likeness (QED) is 0.652. The van der Waals surface area contributed by atoms with E-state index >= 15 is 0 Å². The zero-order valence-electron chi connectivity index (χ0n) is 11.9. The van der Waals surface area contributed by atoms with Gasteiger partial charge < -0.3 is 5.32 Å². The number of aromatic nitrogens is 2. The van der Waals surface area contributed by atoms with Gasteiger partial charge >= 0.3 is 12.1 Å². The molecular formula is C14H14F5N3O. The number of nitrogens with zero attached hydrogens (tertiary/aromatic N) is 2. The molecule has 2 heterocycles. The molecule has 0 aliphatic heterocycles. The molecule has 0 fully saturated rings.